The topological polar surface area (TPSA) is 62.4 Å². The zero-order valence-corrected chi connectivity index (χ0v) is 15.1. The van der Waals surface area contributed by atoms with Gasteiger partial charge in [-0.3, -0.25) is 4.79 Å². The maximum absolute atomic E-state index is 14.3. The van der Waals surface area contributed by atoms with E-state index >= 15 is 0 Å². The van der Waals surface area contributed by atoms with Crippen molar-refractivity contribution in [2.45, 2.75) is 63.1 Å². The number of benzene rings is 1. The Balaban J connectivity index is 1.27. The number of carbonyl (C=O) groups excluding carboxylic acids is 1. The molecule has 3 saturated heterocycles. The fourth-order valence-electron chi connectivity index (χ4n) is 4.58. The highest BCUT2D eigenvalue weighted by Crippen LogP contribution is 2.33. The lowest BCUT2D eigenvalue weighted by Crippen LogP contribution is -2.39. The molecule has 0 radical (unpaired) electrons. The van der Waals surface area contributed by atoms with Crippen molar-refractivity contribution in [3.63, 3.8) is 0 Å². The molecule has 3 aliphatic heterocycles. The smallest absolute Gasteiger partial charge is 0.224 e. The molecular formula is C20H28FN3O2. The average Bonchev–Trinajstić information content (AvgIpc) is 3.23. The van der Waals surface area contributed by atoms with Gasteiger partial charge < -0.3 is 20.7 Å². The number of anilines is 2. The third-order valence-corrected chi connectivity index (χ3v) is 5.84. The Labute approximate surface area is 154 Å². The molecule has 1 amide bonds. The third kappa shape index (κ3) is 4.35. The van der Waals surface area contributed by atoms with E-state index < -0.39 is 0 Å². The van der Waals surface area contributed by atoms with Crippen molar-refractivity contribution in [1.82, 2.24) is 5.32 Å². The van der Waals surface area contributed by atoms with Gasteiger partial charge in [0.05, 0.1) is 11.8 Å². The van der Waals surface area contributed by atoms with Crippen molar-refractivity contribution in [1.29, 1.82) is 0 Å². The Bertz CT molecular complexity index is 636. The fourth-order valence-corrected chi connectivity index (χ4v) is 4.58. The van der Waals surface area contributed by atoms with Crippen LogP contribution in [0, 0.1) is 11.7 Å². The van der Waals surface area contributed by atoms with Crippen LogP contribution in [0.4, 0.5) is 15.8 Å². The first-order valence-electron chi connectivity index (χ1n) is 9.86. The lowest BCUT2D eigenvalue weighted by atomic mass is 9.89. The Morgan fingerprint density at radius 3 is 2.73 bits per heavy atom. The summed E-state index contributed by atoms with van der Waals surface area (Å²) in [7, 11) is 0. The molecule has 3 fully saturated rings. The number of nitrogens with one attached hydrogen (secondary N) is 3. The largest absolute Gasteiger partial charge is 0.380 e. The van der Waals surface area contributed by atoms with Gasteiger partial charge in [0.15, 0.2) is 0 Å². The van der Waals surface area contributed by atoms with E-state index in [0.29, 0.717) is 42.3 Å². The van der Waals surface area contributed by atoms with Gasteiger partial charge in [0, 0.05) is 37.3 Å². The second-order valence-electron chi connectivity index (χ2n) is 7.94. The summed E-state index contributed by atoms with van der Waals surface area (Å²) in [6.45, 7) is 1.40. The van der Waals surface area contributed by atoms with E-state index in [1.54, 1.807) is 12.1 Å². The van der Waals surface area contributed by atoms with Gasteiger partial charge in [-0.1, -0.05) is 0 Å². The van der Waals surface area contributed by atoms with Crippen LogP contribution in [0.1, 0.15) is 44.9 Å². The first-order valence-corrected chi connectivity index (χ1v) is 9.86. The number of ether oxygens (including phenoxy) is 1. The van der Waals surface area contributed by atoms with Crippen molar-refractivity contribution in [3.8, 4) is 0 Å². The summed E-state index contributed by atoms with van der Waals surface area (Å²) < 4.78 is 19.8. The van der Waals surface area contributed by atoms with Gasteiger partial charge in [0.1, 0.15) is 5.82 Å². The van der Waals surface area contributed by atoms with Crippen molar-refractivity contribution < 1.29 is 13.9 Å². The lowest BCUT2D eigenvalue weighted by Gasteiger charge is -2.28. The van der Waals surface area contributed by atoms with Crippen LogP contribution in [0.15, 0.2) is 18.2 Å². The molecule has 2 bridgehead atoms. The quantitative estimate of drug-likeness (QED) is 0.728. The monoisotopic (exact) mass is 361 g/mol. The molecule has 3 heterocycles. The number of hydrogen-bond acceptors (Lipinski definition) is 4. The second kappa shape index (κ2) is 7.92. The van der Waals surface area contributed by atoms with Crippen molar-refractivity contribution in [3.05, 3.63) is 24.0 Å². The molecular weight excluding hydrogens is 333 g/mol. The van der Waals surface area contributed by atoms with Crippen molar-refractivity contribution in [2.24, 2.45) is 5.92 Å². The van der Waals surface area contributed by atoms with Crippen LogP contribution in [0.25, 0.3) is 0 Å². The first-order chi connectivity index (χ1) is 12.7. The molecule has 0 aromatic heterocycles. The minimum Gasteiger partial charge on any atom is -0.380 e. The molecule has 0 aliphatic carbocycles. The SMILES string of the molecule is O=C(CC1CC2CCC(C1)N2)Nc1ccc(NCC2CCCO2)c(F)c1. The minimum absolute atomic E-state index is 0.0178. The zero-order valence-electron chi connectivity index (χ0n) is 15.1. The van der Waals surface area contributed by atoms with Crippen LogP contribution >= 0.6 is 0 Å². The molecule has 3 aliphatic rings. The maximum Gasteiger partial charge on any atom is 0.224 e. The predicted octanol–water partition coefficient (Wildman–Crippen LogP) is 3.28. The Morgan fingerprint density at radius 2 is 2.04 bits per heavy atom. The van der Waals surface area contributed by atoms with Crippen molar-refractivity contribution in [2.75, 3.05) is 23.8 Å². The van der Waals surface area contributed by atoms with Crippen LogP contribution in [-0.4, -0.2) is 37.2 Å². The van der Waals surface area contributed by atoms with E-state index in [9.17, 15) is 9.18 Å². The van der Waals surface area contributed by atoms with Gasteiger partial charge in [-0.2, -0.15) is 0 Å². The van der Waals surface area contributed by atoms with Crippen LogP contribution in [-0.2, 0) is 9.53 Å². The van der Waals surface area contributed by atoms with Gasteiger partial charge in [-0.05, 0) is 62.6 Å². The van der Waals surface area contributed by atoms with Gasteiger partial charge >= 0.3 is 0 Å². The van der Waals surface area contributed by atoms with Crippen molar-refractivity contribution >= 4 is 17.3 Å². The number of rotatable bonds is 6. The first kappa shape index (κ1) is 17.7. The van der Waals surface area contributed by atoms with E-state index in [0.717, 1.165) is 32.3 Å². The summed E-state index contributed by atoms with van der Waals surface area (Å²) in [5.74, 6) is 0.0717. The number of fused-ring (bicyclic) bond motifs is 2. The summed E-state index contributed by atoms with van der Waals surface area (Å²) in [5.41, 5.74) is 0.973. The Hall–Kier alpha value is -1.66. The van der Waals surface area contributed by atoms with Gasteiger partial charge in [-0.15, -0.1) is 0 Å². The normalized spacial score (nSPS) is 30.3. The van der Waals surface area contributed by atoms with Gasteiger partial charge in [0.2, 0.25) is 5.91 Å². The number of halogens is 1. The number of piperidine rings is 1. The van der Waals surface area contributed by atoms with Gasteiger partial charge in [-0.25, -0.2) is 4.39 Å². The van der Waals surface area contributed by atoms with Crippen LogP contribution in [0.5, 0.6) is 0 Å². The van der Waals surface area contributed by atoms with E-state index in [4.69, 9.17) is 4.74 Å². The number of amides is 1. The van der Waals surface area contributed by atoms with E-state index in [-0.39, 0.29) is 17.8 Å². The van der Waals surface area contributed by atoms with E-state index in [2.05, 4.69) is 16.0 Å². The highest BCUT2D eigenvalue weighted by Gasteiger charge is 2.34. The number of hydrogen-bond donors (Lipinski definition) is 3. The summed E-state index contributed by atoms with van der Waals surface area (Å²) in [5, 5.41) is 9.54. The van der Waals surface area contributed by atoms with E-state index in [1.165, 1.54) is 18.9 Å². The molecule has 26 heavy (non-hydrogen) atoms. The highest BCUT2D eigenvalue weighted by molar-refractivity contribution is 5.91. The lowest BCUT2D eigenvalue weighted by molar-refractivity contribution is -0.117. The Morgan fingerprint density at radius 1 is 1.23 bits per heavy atom. The fraction of sp³-hybridized carbons (Fsp3) is 0.650. The third-order valence-electron chi connectivity index (χ3n) is 5.84. The molecule has 3 unspecified atom stereocenters. The van der Waals surface area contributed by atoms with Crippen LogP contribution in [0.3, 0.4) is 0 Å². The number of carbonyl (C=O) groups is 1. The summed E-state index contributed by atoms with van der Waals surface area (Å²) in [6.07, 6.45) is 7.38. The minimum atomic E-state index is -0.347. The van der Waals surface area contributed by atoms with Gasteiger partial charge in [0.25, 0.3) is 0 Å². The predicted molar refractivity (Wildman–Crippen MR) is 99.8 cm³/mol. The molecule has 3 atom stereocenters. The van der Waals surface area contributed by atoms with Crippen LogP contribution in [0.2, 0.25) is 0 Å². The van der Waals surface area contributed by atoms with E-state index in [1.807, 2.05) is 0 Å². The zero-order chi connectivity index (χ0) is 17.9. The molecule has 0 saturated carbocycles. The average molecular weight is 361 g/mol. The molecule has 5 nitrogen and oxygen atoms in total. The summed E-state index contributed by atoms with van der Waals surface area (Å²) in [6, 6.07) is 5.99. The second-order valence-corrected chi connectivity index (χ2v) is 7.94. The summed E-state index contributed by atoms with van der Waals surface area (Å²) >= 11 is 0. The van der Waals surface area contributed by atoms with Crippen LogP contribution < -0.4 is 16.0 Å². The molecule has 142 valence electrons. The molecule has 0 spiro atoms. The molecule has 4 rings (SSSR count). The molecule has 1 aromatic rings. The molecule has 3 N–H and O–H groups in total. The maximum atomic E-state index is 14.3. The highest BCUT2D eigenvalue weighted by atomic mass is 19.1. The standard InChI is InChI=1S/C20H28FN3O2/c21-18-11-16(5-6-19(18)22-12-17-2-1-7-26-17)24-20(25)10-13-8-14-3-4-15(9-13)23-14/h5-6,11,13-15,17,22-23H,1-4,7-10,12H2,(H,24,25). The summed E-state index contributed by atoms with van der Waals surface area (Å²) in [4.78, 5) is 12.3. The molecule has 1 aromatic carbocycles. The molecule has 6 heteroatoms. The Kier molecular flexibility index (Phi) is 5.41.